The summed E-state index contributed by atoms with van der Waals surface area (Å²) in [6.45, 7) is 2.41. The normalized spacial score (nSPS) is 12.6. The summed E-state index contributed by atoms with van der Waals surface area (Å²) >= 11 is 1.51. The average Bonchev–Trinajstić information content (AvgIpc) is 3.06. The van der Waals surface area contributed by atoms with Crippen molar-refractivity contribution in [3.8, 4) is 11.5 Å². The van der Waals surface area contributed by atoms with Crippen LogP contribution in [-0.2, 0) is 6.54 Å². The van der Waals surface area contributed by atoms with Crippen LogP contribution in [0.2, 0.25) is 0 Å². The first-order valence-corrected chi connectivity index (χ1v) is 8.30. The number of thioether (sulfide) groups is 1. The van der Waals surface area contributed by atoms with E-state index in [4.69, 9.17) is 9.47 Å². The Labute approximate surface area is 143 Å². The highest BCUT2D eigenvalue weighted by Gasteiger charge is 2.21. The molecule has 7 nitrogen and oxygen atoms in total. The number of benzene rings is 1. The zero-order valence-electron chi connectivity index (χ0n) is 13.6. The number of carbonyl (C=O) groups is 1. The molecule has 1 amide bonds. The molecule has 1 aliphatic heterocycles. The van der Waals surface area contributed by atoms with Gasteiger partial charge in [0.1, 0.15) is 5.56 Å². The Morgan fingerprint density at radius 2 is 2.00 bits per heavy atom. The van der Waals surface area contributed by atoms with Crippen molar-refractivity contribution in [2.75, 3.05) is 25.3 Å². The van der Waals surface area contributed by atoms with Crippen molar-refractivity contribution in [2.24, 2.45) is 0 Å². The molecule has 0 aliphatic carbocycles. The molecule has 1 aromatic carbocycles. The van der Waals surface area contributed by atoms with Crippen LogP contribution in [-0.4, -0.2) is 35.4 Å². The zero-order chi connectivity index (χ0) is 17.3. The zero-order valence-corrected chi connectivity index (χ0v) is 14.4. The second-order valence-electron chi connectivity index (χ2n) is 5.24. The molecule has 0 saturated heterocycles. The smallest absolute Gasteiger partial charge is 0.267 e. The maximum absolute atomic E-state index is 12.5. The third-order valence-electron chi connectivity index (χ3n) is 3.78. The molecule has 2 aromatic rings. The fourth-order valence-electron chi connectivity index (χ4n) is 2.48. The van der Waals surface area contributed by atoms with Crippen LogP contribution < -0.4 is 20.3 Å². The summed E-state index contributed by atoms with van der Waals surface area (Å²) in [6, 6.07) is 3.43. The van der Waals surface area contributed by atoms with Crippen molar-refractivity contribution >= 4 is 23.4 Å². The third kappa shape index (κ3) is 2.84. The largest absolute Gasteiger partial charge is 0.493 e. The molecule has 0 unspecified atom stereocenters. The van der Waals surface area contributed by atoms with Gasteiger partial charge in [0.05, 0.1) is 14.2 Å². The van der Waals surface area contributed by atoms with Crippen LogP contribution in [0.15, 0.2) is 28.3 Å². The number of methoxy groups -OCH3 is 2. The summed E-state index contributed by atoms with van der Waals surface area (Å²) in [7, 11) is 3.07. The predicted octanol–water partition coefficient (Wildman–Crippen LogP) is 1.93. The van der Waals surface area contributed by atoms with Gasteiger partial charge in [-0.25, -0.2) is 4.98 Å². The number of fused-ring (bicyclic) bond motifs is 1. The van der Waals surface area contributed by atoms with Gasteiger partial charge in [-0.05, 0) is 18.6 Å². The maximum Gasteiger partial charge on any atom is 0.267 e. The standard InChI is InChI=1S/C16H17N3O4S/c1-9-6-12(22-2)13(23-3)7-11(9)18-14(20)10-8-17-16-19(15(10)21)4-5-24-16/h6-8H,4-5H2,1-3H3,(H,18,20). The van der Waals surface area contributed by atoms with Crippen LogP contribution in [0.25, 0.3) is 0 Å². The first kappa shape index (κ1) is 16.4. The van der Waals surface area contributed by atoms with Gasteiger partial charge in [-0.15, -0.1) is 0 Å². The fraction of sp³-hybridized carbons (Fsp3) is 0.312. The maximum atomic E-state index is 12.5. The van der Waals surface area contributed by atoms with Gasteiger partial charge in [0.15, 0.2) is 16.7 Å². The van der Waals surface area contributed by atoms with E-state index in [9.17, 15) is 9.59 Å². The third-order valence-corrected chi connectivity index (χ3v) is 4.75. The number of rotatable bonds is 4. The fourth-order valence-corrected chi connectivity index (χ4v) is 3.39. The molecule has 8 heteroatoms. The molecule has 0 atom stereocenters. The van der Waals surface area contributed by atoms with E-state index in [1.807, 2.05) is 6.92 Å². The number of nitrogens with zero attached hydrogens (tertiary/aromatic N) is 2. The second kappa shape index (κ2) is 6.56. The Hall–Kier alpha value is -2.48. The molecule has 1 aliphatic rings. The van der Waals surface area contributed by atoms with Gasteiger partial charge in [0, 0.05) is 30.2 Å². The Kier molecular flexibility index (Phi) is 4.48. The molecule has 0 radical (unpaired) electrons. The Bertz CT molecular complexity index is 863. The lowest BCUT2D eigenvalue weighted by molar-refractivity contribution is 0.102. The van der Waals surface area contributed by atoms with Crippen molar-refractivity contribution < 1.29 is 14.3 Å². The van der Waals surface area contributed by atoms with E-state index < -0.39 is 5.91 Å². The molecular weight excluding hydrogens is 330 g/mol. The van der Waals surface area contributed by atoms with Gasteiger partial charge >= 0.3 is 0 Å². The number of hydrogen-bond acceptors (Lipinski definition) is 6. The Morgan fingerprint density at radius 3 is 2.71 bits per heavy atom. The van der Waals surface area contributed by atoms with Crippen LogP contribution in [0.3, 0.4) is 0 Å². The quantitative estimate of drug-likeness (QED) is 0.851. The van der Waals surface area contributed by atoms with E-state index in [-0.39, 0.29) is 11.1 Å². The van der Waals surface area contributed by atoms with Crippen LogP contribution in [0.1, 0.15) is 15.9 Å². The van der Waals surface area contributed by atoms with E-state index in [0.717, 1.165) is 11.3 Å². The van der Waals surface area contributed by atoms with Gasteiger partial charge in [0.25, 0.3) is 11.5 Å². The Morgan fingerprint density at radius 1 is 1.29 bits per heavy atom. The number of hydrogen-bond donors (Lipinski definition) is 1. The molecule has 0 fully saturated rings. The minimum absolute atomic E-state index is 0.0236. The summed E-state index contributed by atoms with van der Waals surface area (Å²) in [5.41, 5.74) is 1.05. The summed E-state index contributed by atoms with van der Waals surface area (Å²) in [5.74, 6) is 1.38. The molecule has 126 valence electrons. The van der Waals surface area contributed by atoms with Crippen LogP contribution in [0.4, 0.5) is 5.69 Å². The molecule has 1 N–H and O–H groups in total. The van der Waals surface area contributed by atoms with E-state index in [2.05, 4.69) is 10.3 Å². The van der Waals surface area contributed by atoms with E-state index in [1.54, 1.807) is 19.2 Å². The van der Waals surface area contributed by atoms with Gasteiger partial charge in [-0.2, -0.15) is 0 Å². The topological polar surface area (TPSA) is 82.5 Å². The summed E-state index contributed by atoms with van der Waals surface area (Å²) < 4.78 is 12.0. The summed E-state index contributed by atoms with van der Waals surface area (Å²) in [4.78, 5) is 29.1. The lowest BCUT2D eigenvalue weighted by Crippen LogP contribution is -2.29. The monoisotopic (exact) mass is 347 g/mol. The lowest BCUT2D eigenvalue weighted by Gasteiger charge is -2.13. The molecule has 0 saturated carbocycles. The minimum Gasteiger partial charge on any atom is -0.493 e. The van der Waals surface area contributed by atoms with Crippen molar-refractivity contribution in [3.05, 3.63) is 39.8 Å². The van der Waals surface area contributed by atoms with E-state index >= 15 is 0 Å². The molecule has 2 heterocycles. The number of aromatic nitrogens is 2. The van der Waals surface area contributed by atoms with Crippen LogP contribution in [0, 0.1) is 6.92 Å². The second-order valence-corrected chi connectivity index (χ2v) is 6.30. The van der Waals surface area contributed by atoms with E-state index in [1.165, 1.54) is 29.6 Å². The van der Waals surface area contributed by atoms with Crippen LogP contribution >= 0.6 is 11.8 Å². The number of amides is 1. The SMILES string of the molecule is COc1cc(C)c(NC(=O)c2cnc3n(c2=O)CCS3)cc1OC. The molecule has 0 spiro atoms. The number of nitrogens with one attached hydrogen (secondary N) is 1. The first-order chi connectivity index (χ1) is 11.5. The molecule has 1 aromatic heterocycles. The van der Waals surface area contributed by atoms with Gasteiger partial charge in [-0.3, -0.25) is 14.2 Å². The molecular formula is C16H17N3O4S. The lowest BCUT2D eigenvalue weighted by atomic mass is 10.1. The molecule has 0 bridgehead atoms. The number of ether oxygens (including phenoxy) is 2. The highest BCUT2D eigenvalue weighted by Crippen LogP contribution is 2.33. The van der Waals surface area contributed by atoms with E-state index in [0.29, 0.717) is 28.9 Å². The van der Waals surface area contributed by atoms with Crippen LogP contribution in [0.5, 0.6) is 11.5 Å². The predicted molar refractivity (Wildman–Crippen MR) is 91.5 cm³/mol. The number of aryl methyl sites for hydroxylation is 1. The average molecular weight is 347 g/mol. The molecule has 24 heavy (non-hydrogen) atoms. The van der Waals surface area contributed by atoms with Crippen molar-refractivity contribution in [1.82, 2.24) is 9.55 Å². The highest BCUT2D eigenvalue weighted by atomic mass is 32.2. The number of carbonyl (C=O) groups excluding carboxylic acids is 1. The first-order valence-electron chi connectivity index (χ1n) is 7.31. The number of anilines is 1. The summed E-state index contributed by atoms with van der Waals surface area (Å²) in [6.07, 6.45) is 1.33. The Balaban J connectivity index is 1.92. The highest BCUT2D eigenvalue weighted by molar-refractivity contribution is 7.99. The van der Waals surface area contributed by atoms with Gasteiger partial charge < -0.3 is 14.8 Å². The van der Waals surface area contributed by atoms with Gasteiger partial charge in [-0.1, -0.05) is 11.8 Å². The van der Waals surface area contributed by atoms with Crippen molar-refractivity contribution in [1.29, 1.82) is 0 Å². The summed E-state index contributed by atoms with van der Waals surface area (Å²) in [5, 5.41) is 3.40. The van der Waals surface area contributed by atoms with Crippen molar-refractivity contribution in [3.63, 3.8) is 0 Å². The minimum atomic E-state index is -0.491. The van der Waals surface area contributed by atoms with Crippen molar-refractivity contribution in [2.45, 2.75) is 18.6 Å². The van der Waals surface area contributed by atoms with Gasteiger partial charge in [0.2, 0.25) is 0 Å². The molecule has 3 rings (SSSR count).